The van der Waals surface area contributed by atoms with Gasteiger partial charge in [0.15, 0.2) is 0 Å². The Morgan fingerprint density at radius 1 is 1.00 bits per heavy atom. The molecule has 0 aliphatic heterocycles. The van der Waals surface area contributed by atoms with Gasteiger partial charge in [-0.3, -0.25) is 0 Å². The second-order valence-electron chi connectivity index (χ2n) is 4.55. The van der Waals surface area contributed by atoms with E-state index in [1.807, 2.05) is 12.1 Å². The highest BCUT2D eigenvalue weighted by molar-refractivity contribution is 5.40. The Morgan fingerprint density at radius 3 is 2.48 bits per heavy atom. The molecule has 0 amide bonds. The van der Waals surface area contributed by atoms with Crippen molar-refractivity contribution in [3.05, 3.63) is 53.3 Å². The topological polar surface area (TPSA) is 50.7 Å². The number of halogens is 1. The second-order valence-corrected chi connectivity index (χ2v) is 4.55. The normalized spacial score (nSPS) is 10.4. The largest absolute Gasteiger partial charge is 0.508 e. The SMILES string of the molecule is COc1ccc(CNCc2cc(F)ccc2O)c(OC)c1. The van der Waals surface area contributed by atoms with E-state index in [0.29, 0.717) is 24.4 Å². The Bertz CT molecular complexity index is 616. The number of aromatic hydroxyl groups is 1. The highest BCUT2D eigenvalue weighted by Gasteiger charge is 2.06. The average Bonchev–Trinajstić information content (AvgIpc) is 2.50. The van der Waals surface area contributed by atoms with Crippen LogP contribution in [0.3, 0.4) is 0 Å². The molecule has 0 bridgehead atoms. The molecule has 0 aliphatic rings. The predicted molar refractivity (Wildman–Crippen MR) is 78.2 cm³/mol. The van der Waals surface area contributed by atoms with Crippen molar-refractivity contribution in [2.24, 2.45) is 0 Å². The number of hydrogen-bond acceptors (Lipinski definition) is 4. The van der Waals surface area contributed by atoms with Crippen molar-refractivity contribution in [3.8, 4) is 17.2 Å². The standard InChI is InChI=1S/C16H18FNO3/c1-20-14-5-3-11(16(8-14)21-2)9-18-10-12-7-13(17)4-6-15(12)19/h3-8,18-19H,9-10H2,1-2H3. The van der Waals surface area contributed by atoms with Crippen LogP contribution < -0.4 is 14.8 Å². The first kappa shape index (κ1) is 15.1. The molecule has 2 aromatic rings. The fourth-order valence-electron chi connectivity index (χ4n) is 2.03. The Morgan fingerprint density at radius 2 is 1.76 bits per heavy atom. The number of phenols is 1. The minimum Gasteiger partial charge on any atom is -0.508 e. The molecule has 0 radical (unpaired) electrons. The monoisotopic (exact) mass is 291 g/mol. The molecule has 0 atom stereocenters. The lowest BCUT2D eigenvalue weighted by atomic mass is 10.1. The van der Waals surface area contributed by atoms with Crippen LogP contribution in [0.25, 0.3) is 0 Å². The molecular formula is C16H18FNO3. The number of hydrogen-bond donors (Lipinski definition) is 2. The fraction of sp³-hybridized carbons (Fsp3) is 0.250. The highest BCUT2D eigenvalue weighted by Crippen LogP contribution is 2.24. The predicted octanol–water partition coefficient (Wildman–Crippen LogP) is 2.84. The maximum atomic E-state index is 13.1. The molecule has 2 rings (SSSR count). The molecule has 0 heterocycles. The third-order valence-corrected chi connectivity index (χ3v) is 3.17. The molecule has 0 saturated heterocycles. The van der Waals surface area contributed by atoms with Gasteiger partial charge in [0.25, 0.3) is 0 Å². The van der Waals surface area contributed by atoms with Gasteiger partial charge in [-0.15, -0.1) is 0 Å². The lowest BCUT2D eigenvalue weighted by Gasteiger charge is -2.12. The van der Waals surface area contributed by atoms with E-state index in [4.69, 9.17) is 9.47 Å². The van der Waals surface area contributed by atoms with Crippen LogP contribution in [0.15, 0.2) is 36.4 Å². The summed E-state index contributed by atoms with van der Waals surface area (Å²) in [5, 5.41) is 12.8. The van der Waals surface area contributed by atoms with Gasteiger partial charge in [0.2, 0.25) is 0 Å². The van der Waals surface area contributed by atoms with Crippen molar-refractivity contribution in [1.82, 2.24) is 5.32 Å². The van der Waals surface area contributed by atoms with Crippen molar-refractivity contribution in [2.75, 3.05) is 14.2 Å². The average molecular weight is 291 g/mol. The number of nitrogens with one attached hydrogen (secondary N) is 1. The summed E-state index contributed by atoms with van der Waals surface area (Å²) in [7, 11) is 3.19. The van der Waals surface area contributed by atoms with Gasteiger partial charge >= 0.3 is 0 Å². The first-order chi connectivity index (χ1) is 10.1. The number of phenolic OH excluding ortho intramolecular Hbond substituents is 1. The van der Waals surface area contributed by atoms with E-state index >= 15 is 0 Å². The first-order valence-corrected chi connectivity index (χ1v) is 6.53. The van der Waals surface area contributed by atoms with Crippen LogP contribution in [-0.4, -0.2) is 19.3 Å². The summed E-state index contributed by atoms with van der Waals surface area (Å²) in [6.45, 7) is 0.891. The van der Waals surface area contributed by atoms with Gasteiger partial charge in [-0.25, -0.2) is 4.39 Å². The molecule has 0 saturated carbocycles. The van der Waals surface area contributed by atoms with Crippen LogP contribution in [0, 0.1) is 5.82 Å². The molecule has 112 valence electrons. The summed E-state index contributed by atoms with van der Waals surface area (Å²) >= 11 is 0. The quantitative estimate of drug-likeness (QED) is 0.859. The maximum absolute atomic E-state index is 13.1. The number of rotatable bonds is 6. The second kappa shape index (κ2) is 6.95. The molecule has 2 aromatic carbocycles. The summed E-state index contributed by atoms with van der Waals surface area (Å²) in [5.41, 5.74) is 1.47. The molecule has 4 nitrogen and oxygen atoms in total. The number of ether oxygens (including phenoxy) is 2. The van der Waals surface area contributed by atoms with E-state index in [0.717, 1.165) is 11.3 Å². The van der Waals surface area contributed by atoms with Crippen LogP contribution in [-0.2, 0) is 13.1 Å². The molecule has 0 aliphatic carbocycles. The molecule has 2 N–H and O–H groups in total. The summed E-state index contributed by atoms with van der Waals surface area (Å²) in [4.78, 5) is 0. The molecule has 0 spiro atoms. The van der Waals surface area contributed by atoms with E-state index in [9.17, 15) is 9.50 Å². The summed E-state index contributed by atoms with van der Waals surface area (Å²) in [6.07, 6.45) is 0. The van der Waals surface area contributed by atoms with Gasteiger partial charge in [-0.05, 0) is 24.3 Å². The van der Waals surface area contributed by atoms with Crippen LogP contribution in [0.4, 0.5) is 4.39 Å². The van der Waals surface area contributed by atoms with Crippen LogP contribution in [0.5, 0.6) is 17.2 Å². The van der Waals surface area contributed by atoms with Crippen LogP contribution >= 0.6 is 0 Å². The van der Waals surface area contributed by atoms with Crippen molar-refractivity contribution in [1.29, 1.82) is 0 Å². The minimum absolute atomic E-state index is 0.0746. The molecule has 0 fully saturated rings. The van der Waals surface area contributed by atoms with Gasteiger partial charge in [0, 0.05) is 30.3 Å². The van der Waals surface area contributed by atoms with Crippen molar-refractivity contribution < 1.29 is 19.0 Å². The smallest absolute Gasteiger partial charge is 0.127 e. The van der Waals surface area contributed by atoms with E-state index in [2.05, 4.69) is 5.32 Å². The van der Waals surface area contributed by atoms with E-state index in [1.165, 1.54) is 18.2 Å². The Kier molecular flexibility index (Phi) is 5.00. The summed E-state index contributed by atoms with van der Waals surface area (Å²) in [5.74, 6) is 1.14. The highest BCUT2D eigenvalue weighted by atomic mass is 19.1. The number of benzene rings is 2. The van der Waals surface area contributed by atoms with Gasteiger partial charge in [0.1, 0.15) is 23.1 Å². The van der Waals surface area contributed by atoms with Gasteiger partial charge in [0.05, 0.1) is 14.2 Å². The number of methoxy groups -OCH3 is 2. The third kappa shape index (κ3) is 3.86. The summed E-state index contributed by atoms with van der Waals surface area (Å²) < 4.78 is 23.6. The van der Waals surface area contributed by atoms with Gasteiger partial charge in [-0.2, -0.15) is 0 Å². The van der Waals surface area contributed by atoms with Gasteiger partial charge < -0.3 is 19.9 Å². The molecule has 0 aromatic heterocycles. The van der Waals surface area contributed by atoms with Crippen molar-refractivity contribution >= 4 is 0 Å². The third-order valence-electron chi connectivity index (χ3n) is 3.17. The van der Waals surface area contributed by atoms with Crippen molar-refractivity contribution in [3.63, 3.8) is 0 Å². The molecule has 21 heavy (non-hydrogen) atoms. The lowest BCUT2D eigenvalue weighted by molar-refractivity contribution is 0.389. The van der Waals surface area contributed by atoms with Gasteiger partial charge in [-0.1, -0.05) is 6.07 Å². The lowest BCUT2D eigenvalue weighted by Crippen LogP contribution is -2.13. The van der Waals surface area contributed by atoms with E-state index in [1.54, 1.807) is 20.3 Å². The molecule has 0 unspecified atom stereocenters. The van der Waals surface area contributed by atoms with E-state index < -0.39 is 0 Å². The Balaban J connectivity index is 2.01. The summed E-state index contributed by atoms with van der Waals surface area (Å²) in [6, 6.07) is 9.44. The zero-order chi connectivity index (χ0) is 15.2. The zero-order valence-corrected chi connectivity index (χ0v) is 12.0. The Hall–Kier alpha value is -2.27. The van der Waals surface area contributed by atoms with E-state index in [-0.39, 0.29) is 11.6 Å². The first-order valence-electron chi connectivity index (χ1n) is 6.53. The van der Waals surface area contributed by atoms with Crippen LogP contribution in [0.2, 0.25) is 0 Å². The van der Waals surface area contributed by atoms with Crippen molar-refractivity contribution in [2.45, 2.75) is 13.1 Å². The molecule has 5 heteroatoms. The maximum Gasteiger partial charge on any atom is 0.127 e. The Labute approximate surface area is 123 Å². The fourth-order valence-corrected chi connectivity index (χ4v) is 2.03. The molecular weight excluding hydrogens is 273 g/mol. The van der Waals surface area contributed by atoms with Crippen LogP contribution in [0.1, 0.15) is 11.1 Å². The zero-order valence-electron chi connectivity index (χ0n) is 12.0. The minimum atomic E-state index is -0.369.